The summed E-state index contributed by atoms with van der Waals surface area (Å²) in [7, 11) is -18.5. The predicted octanol–water partition coefficient (Wildman–Crippen LogP) is 11.6. The molecule has 64 heavy (non-hydrogen) atoms. The molecule has 0 bridgehead atoms. The first kappa shape index (κ1) is 41.9. The van der Waals surface area contributed by atoms with E-state index in [1.165, 1.54) is 49.6 Å². The quantitative estimate of drug-likeness (QED) is 0.0821. The Balaban J connectivity index is 1.48. The Kier molecular flexibility index (Phi) is 12.6. The molecule has 9 rings (SSSR count). The molecule has 20 nitrogen and oxygen atoms in total. The highest BCUT2D eigenvalue weighted by atomic mass is 31.3. The van der Waals surface area contributed by atoms with Gasteiger partial charge in [-0.15, -0.1) is 0 Å². The zero-order chi connectivity index (χ0) is 43.4. The summed E-state index contributed by atoms with van der Waals surface area (Å²) in [6, 6.07) is 39.8. The van der Waals surface area contributed by atoms with Crippen LogP contribution in [0, 0.1) is 0 Å². The van der Waals surface area contributed by atoms with E-state index in [1.54, 1.807) is 146 Å². The van der Waals surface area contributed by atoms with Crippen LogP contribution in [0.3, 0.4) is 0 Å². The Morgan fingerprint density at radius 3 is 0.453 bits per heavy atom. The van der Waals surface area contributed by atoms with Crippen molar-refractivity contribution in [1.82, 2.24) is 39.9 Å². The minimum absolute atomic E-state index is 0.00193. The van der Waals surface area contributed by atoms with Gasteiger partial charge in [-0.05, 0) is 48.5 Å². The molecule has 0 unspecified atom stereocenters. The predicted molar refractivity (Wildman–Crippen MR) is 236 cm³/mol. The van der Waals surface area contributed by atoms with Crippen molar-refractivity contribution < 1.29 is 36.2 Å². The van der Waals surface area contributed by atoms with Crippen molar-refractivity contribution >= 4 is 30.6 Å². The number of nitrogens with zero attached hydrogens (tertiary/aromatic N) is 12. The molecule has 0 radical (unpaired) electrons. The summed E-state index contributed by atoms with van der Waals surface area (Å²) in [4.78, 5) is 35.7. The molecule has 1 aliphatic heterocycles. The van der Waals surface area contributed by atoms with Crippen molar-refractivity contribution in [1.29, 1.82) is 0 Å². The van der Waals surface area contributed by atoms with Gasteiger partial charge >= 0.3 is 30.6 Å². The van der Waals surface area contributed by atoms with Crippen LogP contribution in [-0.2, 0) is 0 Å². The smallest absolute Gasteiger partial charge is 0.395 e. The van der Waals surface area contributed by atoms with Gasteiger partial charge in [-0.25, -0.2) is 39.9 Å². The summed E-state index contributed by atoms with van der Waals surface area (Å²) in [6.07, 6.45) is 12.1. The van der Waals surface area contributed by atoms with Crippen LogP contribution < -0.4 is 36.2 Å². The number of pyridine rings is 8. The first-order chi connectivity index (χ1) is 31.5. The maximum Gasteiger partial charge on any atom is 0.463 e. The van der Waals surface area contributed by atoms with Crippen molar-refractivity contribution in [3.05, 3.63) is 195 Å². The summed E-state index contributed by atoms with van der Waals surface area (Å²) in [5.41, 5.74) is 0. The second-order valence-electron chi connectivity index (χ2n) is 12.4. The molecule has 0 saturated heterocycles. The van der Waals surface area contributed by atoms with Gasteiger partial charge in [0.2, 0.25) is 47.0 Å². The normalized spacial score (nSPS) is 15.2. The second kappa shape index (κ2) is 19.3. The van der Waals surface area contributed by atoms with E-state index in [-0.39, 0.29) is 47.0 Å². The average Bonchev–Trinajstić information content (AvgIpc) is 3.31. The molecule has 0 aliphatic carbocycles. The summed E-state index contributed by atoms with van der Waals surface area (Å²) in [5.74, 6) is -0.0155. The van der Waals surface area contributed by atoms with E-state index in [0.29, 0.717) is 0 Å². The molecule has 0 fully saturated rings. The zero-order valence-electron chi connectivity index (χ0n) is 32.9. The lowest BCUT2D eigenvalue weighted by atomic mass is 10.5. The molecule has 24 heteroatoms. The lowest BCUT2D eigenvalue weighted by Gasteiger charge is -2.31. The zero-order valence-corrected chi connectivity index (χ0v) is 36.5. The topological polar surface area (TPSA) is 226 Å². The van der Waals surface area contributed by atoms with Gasteiger partial charge < -0.3 is 36.2 Å². The minimum Gasteiger partial charge on any atom is -0.395 e. The van der Waals surface area contributed by atoms with Crippen LogP contribution in [0.25, 0.3) is 0 Å². The Labute approximate surface area is 365 Å². The van der Waals surface area contributed by atoms with Gasteiger partial charge in [0, 0.05) is 98.1 Å². The van der Waals surface area contributed by atoms with Crippen molar-refractivity contribution in [2.75, 3.05) is 0 Å². The van der Waals surface area contributed by atoms with E-state index in [2.05, 4.69) is 39.9 Å². The van der Waals surface area contributed by atoms with E-state index in [4.69, 9.17) is 54.3 Å². The minimum atomic E-state index is -4.62. The van der Waals surface area contributed by atoms with Gasteiger partial charge in [0.25, 0.3) is 0 Å². The molecular formula is C40H32N12O8P4. The van der Waals surface area contributed by atoms with Crippen LogP contribution in [0.5, 0.6) is 47.0 Å². The van der Waals surface area contributed by atoms with Crippen LogP contribution in [0.15, 0.2) is 213 Å². The van der Waals surface area contributed by atoms with Crippen molar-refractivity contribution in [2.45, 2.75) is 0 Å². The van der Waals surface area contributed by atoms with Gasteiger partial charge in [-0.3, -0.25) is 0 Å². The molecular weight excluding hydrogens is 900 g/mol. The number of aromatic nitrogens is 8. The third kappa shape index (κ3) is 10.8. The van der Waals surface area contributed by atoms with E-state index in [0.717, 1.165) is 0 Å². The molecule has 9 heterocycles. The third-order valence-electron chi connectivity index (χ3n) is 7.71. The number of hydrogen-bond donors (Lipinski definition) is 0. The highest BCUT2D eigenvalue weighted by molar-refractivity contribution is 7.79. The lowest BCUT2D eigenvalue weighted by molar-refractivity contribution is 0.426. The largest absolute Gasteiger partial charge is 0.463 e. The summed E-state index contributed by atoms with van der Waals surface area (Å²) < 4.78 is 75.4. The van der Waals surface area contributed by atoms with E-state index in [9.17, 15) is 0 Å². The lowest BCUT2D eigenvalue weighted by Crippen LogP contribution is -2.12. The SMILES string of the molecule is c1ccc(OP2(Oc3ccccn3)=NP(Oc3ccccn3)(Oc3ccccn3)=NP(Oc3ccccn3)(Oc3ccccn3)=NP(Oc3ccccn3)(Oc3ccccn3)=N2)nc1. The molecule has 0 atom stereocenters. The fraction of sp³-hybridized carbons (Fsp3) is 0. The molecule has 0 amide bonds. The standard InChI is InChI=1S/C40H32N12O8P4/c1-9-25-41-33(17-1)53-61(54-34-18-2-10-26-42-34)49-62(55-35-19-3-11-27-43-35,56-36-20-4-12-28-44-36)51-64(59-39-23-7-15-31-47-39,60-40-24-8-16-32-48-40)52-63(50-61,57-37-21-5-13-29-45-37)58-38-22-6-14-30-46-38/h1-32H. The van der Waals surface area contributed by atoms with Crippen molar-refractivity contribution in [2.24, 2.45) is 18.1 Å². The van der Waals surface area contributed by atoms with Crippen LogP contribution in [-0.4, -0.2) is 39.9 Å². The van der Waals surface area contributed by atoms with Crippen molar-refractivity contribution in [3.63, 3.8) is 0 Å². The first-order valence-corrected chi connectivity index (χ1v) is 25.0. The summed E-state index contributed by atoms with van der Waals surface area (Å²) in [6.45, 7) is 0. The van der Waals surface area contributed by atoms with Crippen LogP contribution in [0.2, 0.25) is 0 Å². The van der Waals surface area contributed by atoms with Crippen LogP contribution in [0.1, 0.15) is 0 Å². The van der Waals surface area contributed by atoms with Crippen LogP contribution in [0.4, 0.5) is 0 Å². The average molecular weight is 933 g/mol. The van der Waals surface area contributed by atoms with E-state index in [1.807, 2.05) is 0 Å². The Bertz CT molecular complexity index is 2390. The highest BCUT2D eigenvalue weighted by Gasteiger charge is 2.50. The second-order valence-corrected chi connectivity index (χ2v) is 20.6. The highest BCUT2D eigenvalue weighted by Crippen LogP contribution is 2.78. The van der Waals surface area contributed by atoms with Crippen LogP contribution >= 0.6 is 30.6 Å². The summed E-state index contributed by atoms with van der Waals surface area (Å²) in [5, 5.41) is 0. The maximum absolute atomic E-state index is 6.79. The molecule has 0 N–H and O–H groups in total. The molecule has 0 saturated carbocycles. The number of rotatable bonds is 16. The Hall–Kier alpha value is -7.48. The van der Waals surface area contributed by atoms with Gasteiger partial charge in [0.15, 0.2) is 0 Å². The van der Waals surface area contributed by atoms with E-state index >= 15 is 0 Å². The van der Waals surface area contributed by atoms with E-state index < -0.39 is 30.6 Å². The molecule has 320 valence electrons. The fourth-order valence-electron chi connectivity index (χ4n) is 5.19. The molecule has 1 aliphatic rings. The Morgan fingerprint density at radius 1 is 0.203 bits per heavy atom. The Morgan fingerprint density at radius 2 is 0.344 bits per heavy atom. The fourth-order valence-corrected chi connectivity index (χ4v) is 16.9. The molecule has 8 aromatic heterocycles. The first-order valence-electron chi connectivity index (χ1n) is 18.9. The third-order valence-corrected chi connectivity index (χ3v) is 18.3. The molecule has 8 aromatic rings. The molecule has 0 spiro atoms. The van der Waals surface area contributed by atoms with Gasteiger partial charge in [-0.2, -0.15) is 0 Å². The van der Waals surface area contributed by atoms with Crippen molar-refractivity contribution in [3.8, 4) is 47.0 Å². The monoisotopic (exact) mass is 932 g/mol. The maximum atomic E-state index is 6.79. The van der Waals surface area contributed by atoms with Gasteiger partial charge in [0.1, 0.15) is 0 Å². The number of hydrogen-bond acceptors (Lipinski definition) is 20. The van der Waals surface area contributed by atoms with Gasteiger partial charge in [-0.1, -0.05) is 66.6 Å². The molecule has 0 aromatic carbocycles. The van der Waals surface area contributed by atoms with Gasteiger partial charge in [0.05, 0.1) is 0 Å². The summed E-state index contributed by atoms with van der Waals surface area (Å²) >= 11 is 0.